The number of anilines is 1. The van der Waals surface area contributed by atoms with E-state index in [0.717, 1.165) is 23.8 Å². The Hall–Kier alpha value is -1.55. The Kier molecular flexibility index (Phi) is 4.31. The first-order valence-corrected chi connectivity index (χ1v) is 5.47. The first-order valence-electron chi connectivity index (χ1n) is 5.47. The summed E-state index contributed by atoms with van der Waals surface area (Å²) in [6.45, 7) is 6.13. The van der Waals surface area contributed by atoms with Crippen LogP contribution in [0.3, 0.4) is 0 Å². The van der Waals surface area contributed by atoms with Gasteiger partial charge in [-0.15, -0.1) is 0 Å². The number of amides is 1. The number of carbonyl (C=O) groups is 1. The molecule has 0 heterocycles. The second-order valence-electron chi connectivity index (χ2n) is 3.64. The minimum absolute atomic E-state index is 0.175. The molecule has 4 nitrogen and oxygen atoms in total. The Labute approximate surface area is 96.6 Å². The van der Waals surface area contributed by atoms with Crippen LogP contribution in [-0.2, 0) is 0 Å². The molecule has 16 heavy (non-hydrogen) atoms. The van der Waals surface area contributed by atoms with Gasteiger partial charge in [0.15, 0.2) is 0 Å². The molecule has 1 aromatic rings. The Bertz CT molecular complexity index is 342. The van der Waals surface area contributed by atoms with Crippen LogP contribution in [0.1, 0.15) is 24.2 Å². The average Bonchev–Trinajstić information content (AvgIpc) is 2.30. The van der Waals surface area contributed by atoms with Crippen LogP contribution in [0.25, 0.3) is 0 Å². The van der Waals surface area contributed by atoms with Gasteiger partial charge in [-0.05, 0) is 38.1 Å². The van der Waals surface area contributed by atoms with Gasteiger partial charge in [-0.25, -0.2) is 5.84 Å². The normalized spacial score (nSPS) is 10.0. The van der Waals surface area contributed by atoms with Crippen LogP contribution in [0.5, 0.6) is 0 Å². The third kappa shape index (κ3) is 2.73. The van der Waals surface area contributed by atoms with Crippen LogP contribution in [0.15, 0.2) is 24.3 Å². The van der Waals surface area contributed by atoms with Crippen molar-refractivity contribution in [2.45, 2.75) is 13.8 Å². The van der Waals surface area contributed by atoms with E-state index in [-0.39, 0.29) is 5.91 Å². The summed E-state index contributed by atoms with van der Waals surface area (Å²) in [7, 11) is 1.54. The van der Waals surface area contributed by atoms with E-state index in [0.29, 0.717) is 5.56 Å². The summed E-state index contributed by atoms with van der Waals surface area (Å²) in [5.41, 5.74) is 1.74. The number of rotatable bonds is 4. The summed E-state index contributed by atoms with van der Waals surface area (Å²) in [5.74, 6) is 5.22. The lowest BCUT2D eigenvalue weighted by Gasteiger charge is -2.21. The van der Waals surface area contributed by atoms with E-state index in [9.17, 15) is 4.79 Å². The lowest BCUT2D eigenvalue weighted by Crippen LogP contribution is -2.33. The molecule has 0 radical (unpaired) electrons. The summed E-state index contributed by atoms with van der Waals surface area (Å²) in [6.07, 6.45) is 0. The molecule has 0 spiro atoms. The Morgan fingerprint density at radius 2 is 1.69 bits per heavy atom. The van der Waals surface area contributed by atoms with Crippen LogP contribution in [0, 0.1) is 0 Å². The summed E-state index contributed by atoms with van der Waals surface area (Å²) in [6, 6.07) is 7.51. The molecule has 0 saturated carbocycles. The second-order valence-corrected chi connectivity index (χ2v) is 3.64. The van der Waals surface area contributed by atoms with Gasteiger partial charge in [-0.3, -0.25) is 9.80 Å². The first kappa shape index (κ1) is 12.5. The smallest absolute Gasteiger partial charge is 0.267 e. The van der Waals surface area contributed by atoms with Crippen LogP contribution in [0.2, 0.25) is 0 Å². The average molecular weight is 221 g/mol. The molecule has 0 saturated heterocycles. The van der Waals surface area contributed by atoms with Crippen molar-refractivity contribution >= 4 is 11.6 Å². The predicted octanol–water partition coefficient (Wildman–Crippen LogP) is 1.48. The minimum atomic E-state index is -0.175. The van der Waals surface area contributed by atoms with E-state index >= 15 is 0 Å². The van der Waals surface area contributed by atoms with E-state index in [1.807, 2.05) is 12.1 Å². The summed E-state index contributed by atoms with van der Waals surface area (Å²) >= 11 is 0. The van der Waals surface area contributed by atoms with Crippen LogP contribution < -0.4 is 10.7 Å². The molecule has 0 aliphatic rings. The highest BCUT2D eigenvalue weighted by molar-refractivity contribution is 5.93. The number of nitrogens with two attached hydrogens (primary N) is 1. The molecule has 1 rings (SSSR count). The number of hydrazine groups is 1. The van der Waals surface area contributed by atoms with E-state index in [1.54, 1.807) is 19.2 Å². The summed E-state index contributed by atoms with van der Waals surface area (Å²) < 4.78 is 0. The fraction of sp³-hybridized carbons (Fsp3) is 0.417. The van der Waals surface area contributed by atoms with Gasteiger partial charge in [-0.2, -0.15) is 0 Å². The molecule has 4 heteroatoms. The summed E-state index contributed by atoms with van der Waals surface area (Å²) in [5, 5.41) is 1.09. The fourth-order valence-corrected chi connectivity index (χ4v) is 1.61. The molecule has 2 N–H and O–H groups in total. The van der Waals surface area contributed by atoms with Gasteiger partial charge < -0.3 is 4.90 Å². The maximum Gasteiger partial charge on any atom is 0.267 e. The Morgan fingerprint density at radius 1 is 1.19 bits per heavy atom. The predicted molar refractivity (Wildman–Crippen MR) is 66.3 cm³/mol. The minimum Gasteiger partial charge on any atom is -0.372 e. The van der Waals surface area contributed by atoms with E-state index < -0.39 is 0 Å². The molecule has 0 aliphatic heterocycles. The zero-order valence-corrected chi connectivity index (χ0v) is 10.1. The van der Waals surface area contributed by atoms with E-state index in [4.69, 9.17) is 5.84 Å². The number of hydrogen-bond donors (Lipinski definition) is 1. The zero-order chi connectivity index (χ0) is 12.1. The zero-order valence-electron chi connectivity index (χ0n) is 10.1. The van der Waals surface area contributed by atoms with Crippen LogP contribution in [0.4, 0.5) is 5.69 Å². The largest absolute Gasteiger partial charge is 0.372 e. The van der Waals surface area contributed by atoms with Gasteiger partial charge >= 0.3 is 0 Å². The summed E-state index contributed by atoms with van der Waals surface area (Å²) in [4.78, 5) is 13.8. The molecular weight excluding hydrogens is 202 g/mol. The van der Waals surface area contributed by atoms with Crippen LogP contribution >= 0.6 is 0 Å². The highest BCUT2D eigenvalue weighted by Gasteiger charge is 2.08. The lowest BCUT2D eigenvalue weighted by atomic mass is 10.2. The van der Waals surface area contributed by atoms with Crippen molar-refractivity contribution in [3.63, 3.8) is 0 Å². The van der Waals surface area contributed by atoms with Crippen molar-refractivity contribution in [3.8, 4) is 0 Å². The van der Waals surface area contributed by atoms with Gasteiger partial charge in [0.1, 0.15) is 0 Å². The maximum absolute atomic E-state index is 11.6. The highest BCUT2D eigenvalue weighted by atomic mass is 16.2. The number of carbonyl (C=O) groups excluding carboxylic acids is 1. The van der Waals surface area contributed by atoms with Crippen molar-refractivity contribution in [1.29, 1.82) is 0 Å². The second kappa shape index (κ2) is 5.51. The van der Waals surface area contributed by atoms with Gasteiger partial charge in [0.25, 0.3) is 5.91 Å². The molecule has 0 aliphatic carbocycles. The molecule has 0 fully saturated rings. The Morgan fingerprint density at radius 3 is 2.06 bits per heavy atom. The molecule has 0 aromatic heterocycles. The molecule has 0 bridgehead atoms. The van der Waals surface area contributed by atoms with Crippen molar-refractivity contribution in [1.82, 2.24) is 5.01 Å². The number of benzene rings is 1. The number of hydrogen-bond acceptors (Lipinski definition) is 3. The third-order valence-electron chi connectivity index (χ3n) is 2.56. The first-order chi connectivity index (χ1) is 7.60. The van der Waals surface area contributed by atoms with Crippen molar-refractivity contribution in [2.24, 2.45) is 5.84 Å². The fourth-order valence-electron chi connectivity index (χ4n) is 1.61. The molecule has 1 aromatic carbocycles. The topological polar surface area (TPSA) is 49.6 Å². The Balaban J connectivity index is 2.86. The maximum atomic E-state index is 11.6. The van der Waals surface area contributed by atoms with Crippen molar-refractivity contribution < 1.29 is 4.79 Å². The van der Waals surface area contributed by atoms with E-state index in [1.165, 1.54) is 0 Å². The quantitative estimate of drug-likeness (QED) is 0.476. The molecule has 0 atom stereocenters. The number of nitrogens with zero attached hydrogens (tertiary/aromatic N) is 2. The van der Waals surface area contributed by atoms with Gasteiger partial charge in [0.05, 0.1) is 0 Å². The SMILES string of the molecule is CCN(CC)c1ccc(C(=O)N(C)N)cc1. The lowest BCUT2D eigenvalue weighted by molar-refractivity contribution is 0.0795. The monoisotopic (exact) mass is 221 g/mol. The molecule has 1 amide bonds. The molecular formula is C12H19N3O. The van der Waals surface area contributed by atoms with Crippen molar-refractivity contribution in [3.05, 3.63) is 29.8 Å². The third-order valence-corrected chi connectivity index (χ3v) is 2.56. The van der Waals surface area contributed by atoms with Gasteiger partial charge in [0, 0.05) is 31.4 Å². The van der Waals surface area contributed by atoms with Crippen LogP contribution in [-0.4, -0.2) is 31.1 Å². The van der Waals surface area contributed by atoms with E-state index in [2.05, 4.69) is 18.7 Å². The van der Waals surface area contributed by atoms with Crippen molar-refractivity contribution in [2.75, 3.05) is 25.0 Å². The highest BCUT2D eigenvalue weighted by Crippen LogP contribution is 2.15. The van der Waals surface area contributed by atoms with Gasteiger partial charge in [-0.1, -0.05) is 0 Å². The molecule has 88 valence electrons. The van der Waals surface area contributed by atoms with Gasteiger partial charge in [0.2, 0.25) is 0 Å². The standard InChI is InChI=1S/C12H19N3O/c1-4-15(5-2)11-8-6-10(7-9-11)12(16)14(3)13/h6-9H,4-5,13H2,1-3H3. The molecule has 0 unspecified atom stereocenters.